The molecule has 1 aliphatic carbocycles. The first-order valence-corrected chi connectivity index (χ1v) is 17.6. The van der Waals surface area contributed by atoms with Crippen LogP contribution in [-0.2, 0) is 0 Å². The first-order valence-electron chi connectivity index (χ1n) is 17.6. The van der Waals surface area contributed by atoms with E-state index in [1.807, 2.05) is 0 Å². The Morgan fingerprint density at radius 1 is 0.529 bits per heavy atom. The molecule has 0 amide bonds. The smallest absolute Gasteiger partial charge is 0.231 e. The van der Waals surface area contributed by atoms with E-state index in [1.54, 1.807) is 0 Å². The van der Waals surface area contributed by atoms with E-state index in [4.69, 9.17) is 9.98 Å². The molecule has 0 bridgehead atoms. The van der Waals surface area contributed by atoms with E-state index in [0.717, 1.165) is 28.0 Å². The van der Waals surface area contributed by atoms with Crippen LogP contribution in [0.2, 0.25) is 0 Å². The highest BCUT2D eigenvalue weighted by Gasteiger charge is 2.40. The lowest BCUT2D eigenvalue weighted by Gasteiger charge is -2.36. The molecule has 4 nitrogen and oxygen atoms in total. The van der Waals surface area contributed by atoms with Crippen molar-refractivity contribution in [3.05, 3.63) is 175 Å². The lowest BCUT2D eigenvalue weighted by atomic mass is 9.76. The van der Waals surface area contributed by atoms with E-state index in [0.29, 0.717) is 5.96 Å². The first kappa shape index (κ1) is 28.3. The Labute approximate surface area is 294 Å². The van der Waals surface area contributed by atoms with Crippen LogP contribution in [-0.4, -0.2) is 26.3 Å². The molecule has 2 atom stereocenters. The molecule has 0 saturated heterocycles. The van der Waals surface area contributed by atoms with Crippen LogP contribution >= 0.6 is 0 Å². The maximum atomic E-state index is 5.58. The van der Waals surface area contributed by atoms with Gasteiger partial charge in [-0.1, -0.05) is 133 Å². The molecule has 2 aliphatic rings. The molecule has 0 radical (unpaired) electrons. The zero-order valence-electron chi connectivity index (χ0n) is 28.0. The third-order valence-corrected chi connectivity index (χ3v) is 11.1. The van der Waals surface area contributed by atoms with E-state index in [9.17, 15) is 0 Å². The van der Waals surface area contributed by atoms with Crippen LogP contribution < -0.4 is 0 Å². The number of hydrogen-bond donors (Lipinski definition) is 0. The Morgan fingerprint density at radius 3 is 1.88 bits per heavy atom. The number of benzene rings is 7. The first-order chi connectivity index (χ1) is 25.2. The fourth-order valence-electron chi connectivity index (χ4n) is 8.71. The number of rotatable bonds is 2. The number of aliphatic imine (C=N–C) groups is 2. The van der Waals surface area contributed by atoms with Crippen LogP contribution in [0, 0.1) is 5.92 Å². The van der Waals surface area contributed by atoms with Gasteiger partial charge in [-0.05, 0) is 70.4 Å². The summed E-state index contributed by atoms with van der Waals surface area (Å²) < 4.78 is 4.68. The second-order valence-corrected chi connectivity index (χ2v) is 14.0. The predicted octanol–water partition coefficient (Wildman–Crippen LogP) is 11.4. The predicted molar refractivity (Wildman–Crippen MR) is 215 cm³/mol. The normalized spacial score (nSPS) is 18.6. The Morgan fingerprint density at radius 2 is 1.16 bits per heavy atom. The topological polar surface area (TPSA) is 34.6 Å². The fourth-order valence-corrected chi connectivity index (χ4v) is 8.71. The van der Waals surface area contributed by atoms with Gasteiger partial charge in [-0.15, -0.1) is 0 Å². The Hall–Kier alpha value is -6.52. The van der Waals surface area contributed by atoms with Crippen LogP contribution in [0.1, 0.15) is 12.5 Å². The van der Waals surface area contributed by atoms with Crippen LogP contribution in [0.25, 0.3) is 70.8 Å². The van der Waals surface area contributed by atoms with Crippen molar-refractivity contribution in [3.8, 4) is 5.69 Å². The van der Waals surface area contributed by atoms with Gasteiger partial charge in [-0.25, -0.2) is 9.98 Å². The third-order valence-electron chi connectivity index (χ3n) is 11.1. The summed E-state index contributed by atoms with van der Waals surface area (Å²) in [5.74, 6) is 0.686. The molecule has 9 aromatic rings. The van der Waals surface area contributed by atoms with Crippen molar-refractivity contribution in [3.63, 3.8) is 0 Å². The van der Waals surface area contributed by atoms with Gasteiger partial charge in [0.1, 0.15) is 0 Å². The number of nitrogens with zero attached hydrogens (tertiary/aromatic N) is 4. The Bertz CT molecular complexity index is 2950. The van der Waals surface area contributed by atoms with Gasteiger partial charge in [0, 0.05) is 33.2 Å². The second-order valence-electron chi connectivity index (χ2n) is 14.0. The number of aromatic nitrogens is 2. The zero-order valence-corrected chi connectivity index (χ0v) is 28.0. The summed E-state index contributed by atoms with van der Waals surface area (Å²) in [7, 11) is 0. The minimum Gasteiger partial charge on any atom is -0.309 e. The molecule has 2 aromatic heterocycles. The van der Waals surface area contributed by atoms with E-state index >= 15 is 0 Å². The molecular formula is C47H32N4. The van der Waals surface area contributed by atoms with Crippen molar-refractivity contribution in [1.82, 2.24) is 9.13 Å². The third kappa shape index (κ3) is 4.02. The lowest BCUT2D eigenvalue weighted by Crippen LogP contribution is -2.42. The van der Waals surface area contributed by atoms with Gasteiger partial charge in [0.05, 0.1) is 33.3 Å². The van der Waals surface area contributed by atoms with Gasteiger partial charge in [0.25, 0.3) is 0 Å². The number of hydrogen-bond acceptors (Lipinski definition) is 2. The molecule has 11 rings (SSSR count). The molecule has 0 spiro atoms. The number of fused-ring (bicyclic) bond motifs is 11. The molecular weight excluding hydrogens is 621 g/mol. The standard InChI is InChI=1S/C47H32N4/c1-47-28-12-11-20-38(47)45(32-22-25-37-36-19-9-10-21-39(36)50(42(37)29-32)33-15-3-2-4-16-33)48-46(49-47)51-40-26-23-30-13-5-7-17-34(30)43(40)44-35-18-8-6-14-31(35)24-27-41(44)51/h2-29,38H,1H3. The van der Waals surface area contributed by atoms with Gasteiger partial charge in [0.15, 0.2) is 0 Å². The molecule has 1 aliphatic heterocycles. The zero-order chi connectivity index (χ0) is 33.7. The van der Waals surface area contributed by atoms with E-state index in [1.165, 1.54) is 54.1 Å². The molecule has 7 aromatic carbocycles. The molecule has 4 heteroatoms. The molecule has 0 saturated carbocycles. The van der Waals surface area contributed by atoms with Crippen LogP contribution in [0.15, 0.2) is 180 Å². The molecule has 3 heterocycles. The van der Waals surface area contributed by atoms with Crippen molar-refractivity contribution in [1.29, 1.82) is 0 Å². The summed E-state index contributed by atoms with van der Waals surface area (Å²) in [5, 5.41) is 9.86. The van der Waals surface area contributed by atoms with Gasteiger partial charge < -0.3 is 4.57 Å². The summed E-state index contributed by atoms with van der Waals surface area (Å²) in [6.07, 6.45) is 8.78. The van der Waals surface area contributed by atoms with E-state index < -0.39 is 5.54 Å². The fraction of sp³-hybridized carbons (Fsp3) is 0.0638. The monoisotopic (exact) mass is 652 g/mol. The summed E-state index contributed by atoms with van der Waals surface area (Å²) >= 11 is 0. The summed E-state index contributed by atoms with van der Waals surface area (Å²) in [4.78, 5) is 11.1. The van der Waals surface area contributed by atoms with Gasteiger partial charge >= 0.3 is 0 Å². The quantitative estimate of drug-likeness (QED) is 0.178. The highest BCUT2D eigenvalue weighted by molar-refractivity contribution is 6.31. The van der Waals surface area contributed by atoms with E-state index in [-0.39, 0.29) is 5.92 Å². The summed E-state index contributed by atoms with van der Waals surface area (Å²) in [5.41, 5.74) is 7.33. The maximum absolute atomic E-state index is 5.58. The second kappa shape index (κ2) is 10.5. The minimum absolute atomic E-state index is 0.0204. The Kier molecular flexibility index (Phi) is 5.83. The van der Waals surface area contributed by atoms with Crippen LogP contribution in [0.5, 0.6) is 0 Å². The average molecular weight is 653 g/mol. The van der Waals surface area contributed by atoms with Crippen molar-refractivity contribution in [2.45, 2.75) is 12.5 Å². The molecule has 0 fully saturated rings. The van der Waals surface area contributed by atoms with Crippen molar-refractivity contribution in [2.24, 2.45) is 15.9 Å². The average Bonchev–Trinajstić information content (AvgIpc) is 3.71. The lowest BCUT2D eigenvalue weighted by molar-refractivity contribution is 0.511. The van der Waals surface area contributed by atoms with E-state index in [2.05, 4.69) is 186 Å². The number of allylic oxidation sites excluding steroid dienone is 2. The summed E-state index contributed by atoms with van der Waals surface area (Å²) in [6.45, 7) is 2.24. The number of para-hydroxylation sites is 2. The van der Waals surface area contributed by atoms with Gasteiger partial charge in [-0.2, -0.15) is 0 Å². The van der Waals surface area contributed by atoms with Crippen molar-refractivity contribution >= 4 is 76.8 Å². The molecule has 240 valence electrons. The highest BCUT2D eigenvalue weighted by Crippen LogP contribution is 2.42. The molecule has 51 heavy (non-hydrogen) atoms. The minimum atomic E-state index is -0.515. The van der Waals surface area contributed by atoms with Crippen molar-refractivity contribution in [2.75, 3.05) is 0 Å². The van der Waals surface area contributed by atoms with Gasteiger partial charge in [-0.3, -0.25) is 4.57 Å². The Balaban J connectivity index is 1.21. The highest BCUT2D eigenvalue weighted by atomic mass is 15.2. The molecule has 2 unspecified atom stereocenters. The summed E-state index contributed by atoms with van der Waals surface area (Å²) in [6, 6.07) is 52.6. The van der Waals surface area contributed by atoms with Crippen LogP contribution in [0.3, 0.4) is 0 Å². The molecule has 0 N–H and O–H groups in total. The van der Waals surface area contributed by atoms with Gasteiger partial charge in [0.2, 0.25) is 5.96 Å². The van der Waals surface area contributed by atoms with Crippen molar-refractivity contribution < 1.29 is 0 Å². The van der Waals surface area contributed by atoms with Crippen LogP contribution in [0.4, 0.5) is 0 Å². The largest absolute Gasteiger partial charge is 0.309 e. The maximum Gasteiger partial charge on any atom is 0.231 e. The SMILES string of the molecule is CC12C=CC=CC1C(c1ccc3c4ccccc4n(-c4ccccc4)c3c1)=NC(n1c3ccc4ccccc4c3c3c4ccccc4ccc31)=N2.